The summed E-state index contributed by atoms with van der Waals surface area (Å²) in [6.07, 6.45) is 4.94. The van der Waals surface area contributed by atoms with Gasteiger partial charge in [-0.25, -0.2) is 0 Å². The number of nitrogens with zero attached hydrogens (tertiary/aromatic N) is 1. The largest absolute Gasteiger partial charge is 0.259 e. The van der Waals surface area contributed by atoms with E-state index in [0.717, 1.165) is 19.0 Å². The van der Waals surface area contributed by atoms with Gasteiger partial charge < -0.3 is 0 Å². The predicted octanol–water partition coefficient (Wildman–Crippen LogP) is 1.19. The molecule has 1 aliphatic rings. The minimum atomic E-state index is -0.418. The van der Waals surface area contributed by atoms with E-state index in [1.165, 1.54) is 0 Å². The molecule has 0 amide bonds. The van der Waals surface area contributed by atoms with Gasteiger partial charge in [0.2, 0.25) is 6.20 Å². The lowest BCUT2D eigenvalue weighted by Gasteiger charge is -1.74. The average Bonchev–Trinajstić information content (AvgIpc) is 2.41. The van der Waals surface area contributed by atoms with Crippen LogP contribution in [0.5, 0.6) is 0 Å². The first-order valence-electron chi connectivity index (χ1n) is 2.61. The Morgan fingerprint density at radius 1 is 1.62 bits per heavy atom. The molecule has 0 aromatic heterocycles. The van der Waals surface area contributed by atoms with Crippen molar-refractivity contribution in [2.45, 2.75) is 12.8 Å². The molecule has 3 heteroatoms. The quantitative estimate of drug-likeness (QED) is 0.398. The standard InChI is InChI=1S/C5H7NO2/c7-6(8)4-3-5-1-2-5/h3-5H,1-2H2/b4-3+. The van der Waals surface area contributed by atoms with Gasteiger partial charge in [0, 0.05) is 0 Å². The van der Waals surface area contributed by atoms with Crippen LogP contribution in [0.2, 0.25) is 0 Å². The Hall–Kier alpha value is -0.860. The second-order valence-corrected chi connectivity index (χ2v) is 1.96. The zero-order valence-corrected chi connectivity index (χ0v) is 4.41. The molecular formula is C5H7NO2. The van der Waals surface area contributed by atoms with Crippen molar-refractivity contribution in [3.05, 3.63) is 22.4 Å². The summed E-state index contributed by atoms with van der Waals surface area (Å²) in [5.74, 6) is 0.514. The lowest BCUT2D eigenvalue weighted by molar-refractivity contribution is -0.402. The molecule has 0 aliphatic heterocycles. The Morgan fingerprint density at radius 3 is 2.62 bits per heavy atom. The van der Waals surface area contributed by atoms with Gasteiger partial charge in [-0.3, -0.25) is 10.1 Å². The highest BCUT2D eigenvalue weighted by Crippen LogP contribution is 2.29. The Labute approximate surface area is 47.2 Å². The van der Waals surface area contributed by atoms with Crippen molar-refractivity contribution in [1.29, 1.82) is 0 Å². The van der Waals surface area contributed by atoms with Crippen LogP contribution in [0.4, 0.5) is 0 Å². The van der Waals surface area contributed by atoms with Crippen molar-refractivity contribution < 1.29 is 4.92 Å². The van der Waals surface area contributed by atoms with E-state index in [-0.39, 0.29) is 0 Å². The lowest BCUT2D eigenvalue weighted by Crippen LogP contribution is -1.81. The molecule has 0 aromatic rings. The molecule has 0 radical (unpaired) electrons. The van der Waals surface area contributed by atoms with Crippen LogP contribution in [0.15, 0.2) is 12.3 Å². The van der Waals surface area contributed by atoms with E-state index in [4.69, 9.17) is 0 Å². The van der Waals surface area contributed by atoms with Crippen LogP contribution in [0.3, 0.4) is 0 Å². The lowest BCUT2D eigenvalue weighted by atomic mass is 10.4. The van der Waals surface area contributed by atoms with Crippen molar-refractivity contribution >= 4 is 0 Å². The van der Waals surface area contributed by atoms with Gasteiger partial charge in [0.25, 0.3) is 0 Å². The minimum Gasteiger partial charge on any atom is -0.259 e. The Kier molecular flexibility index (Phi) is 1.28. The van der Waals surface area contributed by atoms with Crippen LogP contribution in [0.1, 0.15) is 12.8 Å². The molecule has 0 heterocycles. The van der Waals surface area contributed by atoms with Crippen molar-refractivity contribution in [2.24, 2.45) is 5.92 Å². The van der Waals surface area contributed by atoms with Crippen LogP contribution in [-0.2, 0) is 0 Å². The topological polar surface area (TPSA) is 43.1 Å². The summed E-state index contributed by atoms with van der Waals surface area (Å²) in [5.41, 5.74) is 0. The van der Waals surface area contributed by atoms with Gasteiger partial charge in [-0.15, -0.1) is 0 Å². The first kappa shape index (κ1) is 5.28. The molecule has 1 fully saturated rings. The summed E-state index contributed by atoms with van der Waals surface area (Å²) in [6, 6.07) is 0. The third kappa shape index (κ3) is 1.73. The van der Waals surface area contributed by atoms with E-state index in [9.17, 15) is 10.1 Å². The predicted molar refractivity (Wildman–Crippen MR) is 28.9 cm³/mol. The second kappa shape index (κ2) is 1.94. The maximum Gasteiger partial charge on any atom is 0.230 e. The normalized spacial score (nSPS) is 19.5. The molecule has 1 rings (SSSR count). The summed E-state index contributed by atoms with van der Waals surface area (Å²) in [7, 11) is 0. The van der Waals surface area contributed by atoms with Crippen molar-refractivity contribution in [2.75, 3.05) is 0 Å². The molecule has 0 bridgehead atoms. The van der Waals surface area contributed by atoms with Crippen molar-refractivity contribution in [3.63, 3.8) is 0 Å². The third-order valence-electron chi connectivity index (χ3n) is 1.10. The Morgan fingerprint density at radius 2 is 2.25 bits per heavy atom. The highest BCUT2D eigenvalue weighted by Gasteiger charge is 2.18. The van der Waals surface area contributed by atoms with Crippen LogP contribution >= 0.6 is 0 Å². The van der Waals surface area contributed by atoms with Crippen LogP contribution in [0, 0.1) is 16.0 Å². The second-order valence-electron chi connectivity index (χ2n) is 1.96. The number of hydrogen-bond acceptors (Lipinski definition) is 2. The molecule has 0 spiro atoms. The summed E-state index contributed by atoms with van der Waals surface area (Å²) in [6.45, 7) is 0. The summed E-state index contributed by atoms with van der Waals surface area (Å²) < 4.78 is 0. The highest BCUT2D eigenvalue weighted by molar-refractivity contribution is 4.91. The van der Waals surface area contributed by atoms with Gasteiger partial charge in [0.1, 0.15) is 0 Å². The SMILES string of the molecule is O=[N+]([O-])/C=C/C1CC1. The van der Waals surface area contributed by atoms with Gasteiger partial charge in [-0.05, 0) is 24.8 Å². The van der Waals surface area contributed by atoms with Gasteiger partial charge >= 0.3 is 0 Å². The number of nitro groups is 1. The number of hydrogen-bond donors (Lipinski definition) is 0. The van der Waals surface area contributed by atoms with E-state index in [0.29, 0.717) is 5.92 Å². The van der Waals surface area contributed by atoms with E-state index in [2.05, 4.69) is 0 Å². The molecular weight excluding hydrogens is 106 g/mol. The molecule has 0 saturated heterocycles. The Balaban J connectivity index is 2.23. The van der Waals surface area contributed by atoms with E-state index < -0.39 is 4.92 Å². The van der Waals surface area contributed by atoms with Gasteiger partial charge in [0.05, 0.1) is 4.92 Å². The first-order chi connectivity index (χ1) is 3.79. The van der Waals surface area contributed by atoms with E-state index in [1.54, 1.807) is 6.08 Å². The Bertz CT molecular complexity index is 126. The third-order valence-corrected chi connectivity index (χ3v) is 1.10. The maximum atomic E-state index is 9.65. The zero-order valence-electron chi connectivity index (χ0n) is 4.41. The molecule has 8 heavy (non-hydrogen) atoms. The first-order valence-corrected chi connectivity index (χ1v) is 2.61. The molecule has 1 aliphatic carbocycles. The fourth-order valence-corrected chi connectivity index (χ4v) is 0.481. The fraction of sp³-hybridized carbons (Fsp3) is 0.600. The van der Waals surface area contributed by atoms with Gasteiger partial charge in [-0.1, -0.05) is 0 Å². The molecule has 1 saturated carbocycles. The molecule has 3 nitrogen and oxygen atoms in total. The van der Waals surface area contributed by atoms with Crippen molar-refractivity contribution in [1.82, 2.24) is 0 Å². The summed E-state index contributed by atoms with van der Waals surface area (Å²) in [5, 5.41) is 9.65. The van der Waals surface area contributed by atoms with Gasteiger partial charge in [0.15, 0.2) is 0 Å². The minimum absolute atomic E-state index is 0.418. The molecule has 0 unspecified atom stereocenters. The zero-order chi connectivity index (χ0) is 5.98. The molecule has 0 N–H and O–H groups in total. The van der Waals surface area contributed by atoms with E-state index >= 15 is 0 Å². The monoisotopic (exact) mass is 113 g/mol. The molecule has 0 atom stereocenters. The van der Waals surface area contributed by atoms with E-state index in [1.807, 2.05) is 0 Å². The molecule has 44 valence electrons. The number of allylic oxidation sites excluding steroid dienone is 1. The fourth-order valence-electron chi connectivity index (χ4n) is 0.481. The van der Waals surface area contributed by atoms with Crippen LogP contribution in [0.25, 0.3) is 0 Å². The summed E-state index contributed by atoms with van der Waals surface area (Å²) in [4.78, 5) is 9.23. The average molecular weight is 113 g/mol. The summed E-state index contributed by atoms with van der Waals surface area (Å²) >= 11 is 0. The van der Waals surface area contributed by atoms with Gasteiger partial charge in [-0.2, -0.15) is 0 Å². The van der Waals surface area contributed by atoms with Crippen LogP contribution < -0.4 is 0 Å². The smallest absolute Gasteiger partial charge is 0.230 e. The highest BCUT2D eigenvalue weighted by atomic mass is 16.6. The maximum absolute atomic E-state index is 9.65. The molecule has 0 aromatic carbocycles. The van der Waals surface area contributed by atoms with Crippen molar-refractivity contribution in [3.8, 4) is 0 Å². The van der Waals surface area contributed by atoms with Crippen LogP contribution in [-0.4, -0.2) is 4.92 Å². The number of rotatable bonds is 2.